The fourth-order valence-electron chi connectivity index (χ4n) is 2.97. The van der Waals surface area contributed by atoms with Crippen molar-refractivity contribution in [3.05, 3.63) is 35.4 Å². The predicted octanol–water partition coefficient (Wildman–Crippen LogP) is 0.623. The molecule has 2 atom stereocenters. The van der Waals surface area contributed by atoms with E-state index in [0.29, 0.717) is 19.8 Å². The van der Waals surface area contributed by atoms with Crippen molar-refractivity contribution in [2.45, 2.75) is 31.0 Å². The summed E-state index contributed by atoms with van der Waals surface area (Å²) in [7, 11) is 1.68. The summed E-state index contributed by atoms with van der Waals surface area (Å²) >= 11 is 0. The number of carbonyl (C=O) groups is 1. The molecule has 0 spiro atoms. The number of rotatable bonds is 4. The maximum atomic E-state index is 12.4. The van der Waals surface area contributed by atoms with Crippen molar-refractivity contribution in [2.75, 3.05) is 26.9 Å². The first-order chi connectivity index (χ1) is 10.2. The summed E-state index contributed by atoms with van der Waals surface area (Å²) in [5, 5.41) is 6.31. The Morgan fingerprint density at radius 2 is 2.29 bits per heavy atom. The van der Waals surface area contributed by atoms with Crippen LogP contribution in [0.4, 0.5) is 0 Å². The van der Waals surface area contributed by atoms with E-state index >= 15 is 0 Å². The first kappa shape index (κ1) is 14.5. The smallest absolute Gasteiger partial charge is 0.237 e. The van der Waals surface area contributed by atoms with Gasteiger partial charge in [-0.25, -0.2) is 0 Å². The molecule has 21 heavy (non-hydrogen) atoms. The monoisotopic (exact) mass is 290 g/mol. The fraction of sp³-hybridized carbons (Fsp3) is 0.562. The van der Waals surface area contributed by atoms with E-state index in [2.05, 4.69) is 22.8 Å². The summed E-state index contributed by atoms with van der Waals surface area (Å²) in [6.07, 6.45) is 1.56. The molecule has 0 bridgehead atoms. The van der Waals surface area contributed by atoms with Crippen LogP contribution in [0.1, 0.15) is 17.5 Å². The van der Waals surface area contributed by atoms with Gasteiger partial charge in [0.25, 0.3) is 0 Å². The fourth-order valence-corrected chi connectivity index (χ4v) is 2.97. The highest BCUT2D eigenvalue weighted by Crippen LogP contribution is 2.22. The number of nitrogens with one attached hydrogen (secondary N) is 2. The van der Waals surface area contributed by atoms with E-state index in [9.17, 15) is 4.79 Å². The first-order valence-electron chi connectivity index (χ1n) is 7.43. The van der Waals surface area contributed by atoms with E-state index in [1.165, 1.54) is 11.1 Å². The third-order valence-electron chi connectivity index (χ3n) is 4.48. The lowest BCUT2D eigenvalue weighted by Gasteiger charge is -2.29. The average Bonchev–Trinajstić information content (AvgIpc) is 3.01. The van der Waals surface area contributed by atoms with Gasteiger partial charge in [-0.15, -0.1) is 0 Å². The number of fused-ring (bicyclic) bond motifs is 1. The Morgan fingerprint density at radius 1 is 1.48 bits per heavy atom. The molecule has 1 aromatic rings. The van der Waals surface area contributed by atoms with Crippen molar-refractivity contribution in [3.63, 3.8) is 0 Å². The minimum absolute atomic E-state index is 0.0350. The van der Waals surface area contributed by atoms with Crippen LogP contribution in [0, 0.1) is 0 Å². The topological polar surface area (TPSA) is 59.6 Å². The maximum absolute atomic E-state index is 12.4. The molecular weight excluding hydrogens is 268 g/mol. The van der Waals surface area contributed by atoms with Crippen molar-refractivity contribution in [2.24, 2.45) is 0 Å². The molecule has 1 saturated heterocycles. The number of ether oxygens (including phenoxy) is 2. The molecule has 1 fully saturated rings. The standard InChI is InChI=1S/C16H22N2O3/c1-20-16(6-7-21-11-16)10-18-15(19)14-8-12-4-2-3-5-13(12)9-17-14/h2-5,14,17H,6-11H2,1H3,(H,18,19)/t14-,16?/m1/s1. The minimum Gasteiger partial charge on any atom is -0.378 e. The van der Waals surface area contributed by atoms with Gasteiger partial charge in [0.15, 0.2) is 0 Å². The summed E-state index contributed by atoms with van der Waals surface area (Å²) in [4.78, 5) is 12.4. The lowest BCUT2D eigenvalue weighted by Crippen LogP contribution is -2.52. The van der Waals surface area contributed by atoms with Crippen LogP contribution < -0.4 is 10.6 Å². The Balaban J connectivity index is 1.57. The second-order valence-corrected chi connectivity index (χ2v) is 5.81. The van der Waals surface area contributed by atoms with Crippen LogP contribution >= 0.6 is 0 Å². The second kappa shape index (κ2) is 6.13. The van der Waals surface area contributed by atoms with E-state index in [1.54, 1.807) is 7.11 Å². The van der Waals surface area contributed by atoms with Gasteiger partial charge in [-0.3, -0.25) is 4.79 Å². The van der Waals surface area contributed by atoms with E-state index in [-0.39, 0.29) is 17.6 Å². The third kappa shape index (κ3) is 3.10. The van der Waals surface area contributed by atoms with Crippen molar-refractivity contribution >= 4 is 5.91 Å². The lowest BCUT2D eigenvalue weighted by atomic mass is 9.95. The van der Waals surface area contributed by atoms with Crippen LogP contribution in [0.25, 0.3) is 0 Å². The molecule has 2 aliphatic rings. The molecule has 1 amide bonds. The lowest BCUT2D eigenvalue weighted by molar-refractivity contribution is -0.125. The molecule has 2 aliphatic heterocycles. The molecule has 5 heteroatoms. The molecular formula is C16H22N2O3. The van der Waals surface area contributed by atoms with Crippen molar-refractivity contribution in [1.29, 1.82) is 0 Å². The minimum atomic E-state index is -0.359. The number of carbonyl (C=O) groups excluding carboxylic acids is 1. The van der Waals surface area contributed by atoms with Crippen molar-refractivity contribution in [1.82, 2.24) is 10.6 Å². The van der Waals surface area contributed by atoms with Gasteiger partial charge in [-0.05, 0) is 17.5 Å². The average molecular weight is 290 g/mol. The molecule has 1 aromatic carbocycles. The highest BCUT2D eigenvalue weighted by atomic mass is 16.5. The van der Waals surface area contributed by atoms with Gasteiger partial charge in [-0.1, -0.05) is 24.3 Å². The highest BCUT2D eigenvalue weighted by molar-refractivity contribution is 5.82. The second-order valence-electron chi connectivity index (χ2n) is 5.81. The largest absolute Gasteiger partial charge is 0.378 e. The Labute approximate surface area is 125 Å². The number of amides is 1. The normalized spacial score (nSPS) is 28.1. The maximum Gasteiger partial charge on any atom is 0.237 e. The number of benzene rings is 1. The van der Waals surface area contributed by atoms with Gasteiger partial charge in [0, 0.05) is 33.2 Å². The molecule has 0 aromatic heterocycles. The van der Waals surface area contributed by atoms with E-state index < -0.39 is 0 Å². The van der Waals surface area contributed by atoms with Gasteiger partial charge < -0.3 is 20.1 Å². The van der Waals surface area contributed by atoms with E-state index in [0.717, 1.165) is 19.4 Å². The molecule has 5 nitrogen and oxygen atoms in total. The summed E-state index contributed by atoms with van der Waals surface area (Å²) in [5.74, 6) is 0.0350. The predicted molar refractivity (Wildman–Crippen MR) is 79.0 cm³/mol. The molecule has 0 aliphatic carbocycles. The zero-order valence-corrected chi connectivity index (χ0v) is 12.4. The Morgan fingerprint density at radius 3 is 3.00 bits per heavy atom. The quantitative estimate of drug-likeness (QED) is 0.853. The van der Waals surface area contributed by atoms with Crippen LogP contribution in [-0.4, -0.2) is 44.4 Å². The van der Waals surface area contributed by atoms with Gasteiger partial charge in [0.1, 0.15) is 5.60 Å². The van der Waals surface area contributed by atoms with Crippen LogP contribution in [0.3, 0.4) is 0 Å². The summed E-state index contributed by atoms with van der Waals surface area (Å²) in [5.41, 5.74) is 2.17. The van der Waals surface area contributed by atoms with Crippen LogP contribution in [0.5, 0.6) is 0 Å². The van der Waals surface area contributed by atoms with Gasteiger partial charge in [0.05, 0.1) is 12.6 Å². The molecule has 0 radical (unpaired) electrons. The van der Waals surface area contributed by atoms with Crippen LogP contribution in [-0.2, 0) is 27.2 Å². The summed E-state index contributed by atoms with van der Waals surface area (Å²) in [6.45, 7) is 2.48. The number of methoxy groups -OCH3 is 1. The molecule has 0 saturated carbocycles. The van der Waals surface area contributed by atoms with Gasteiger partial charge in [-0.2, -0.15) is 0 Å². The Hall–Kier alpha value is -1.43. The summed E-state index contributed by atoms with van der Waals surface area (Å²) in [6, 6.07) is 8.08. The van der Waals surface area contributed by atoms with E-state index in [1.807, 2.05) is 12.1 Å². The number of hydrogen-bond donors (Lipinski definition) is 2. The SMILES string of the molecule is COC1(CNC(=O)[C@H]2Cc3ccccc3CN2)CCOC1. The molecule has 114 valence electrons. The van der Waals surface area contributed by atoms with Crippen molar-refractivity contribution in [3.8, 4) is 0 Å². The zero-order chi connectivity index (χ0) is 14.7. The van der Waals surface area contributed by atoms with Crippen LogP contribution in [0.15, 0.2) is 24.3 Å². The first-order valence-corrected chi connectivity index (χ1v) is 7.43. The van der Waals surface area contributed by atoms with Crippen LogP contribution in [0.2, 0.25) is 0 Å². The van der Waals surface area contributed by atoms with Gasteiger partial charge in [0.2, 0.25) is 5.91 Å². The highest BCUT2D eigenvalue weighted by Gasteiger charge is 2.36. The Kier molecular flexibility index (Phi) is 4.24. The third-order valence-corrected chi connectivity index (χ3v) is 4.48. The molecule has 1 unspecified atom stereocenters. The molecule has 2 N–H and O–H groups in total. The zero-order valence-electron chi connectivity index (χ0n) is 12.4. The van der Waals surface area contributed by atoms with Gasteiger partial charge >= 0.3 is 0 Å². The van der Waals surface area contributed by atoms with Crippen molar-refractivity contribution < 1.29 is 14.3 Å². The van der Waals surface area contributed by atoms with E-state index in [4.69, 9.17) is 9.47 Å². The number of hydrogen-bond acceptors (Lipinski definition) is 4. The Bertz CT molecular complexity index is 512. The summed E-state index contributed by atoms with van der Waals surface area (Å²) < 4.78 is 10.9. The molecule has 2 heterocycles. The molecule has 3 rings (SSSR count).